The minimum absolute atomic E-state index is 0.00318. The van der Waals surface area contributed by atoms with E-state index in [1.165, 1.54) is 31.4 Å². The maximum Gasteiger partial charge on any atom is 0.431 e. The van der Waals surface area contributed by atoms with Crippen molar-refractivity contribution in [3.05, 3.63) is 69.8 Å². The molecule has 0 fully saturated rings. The van der Waals surface area contributed by atoms with Gasteiger partial charge in [-0.25, -0.2) is 0 Å². The van der Waals surface area contributed by atoms with E-state index in [4.69, 9.17) is 4.74 Å². The summed E-state index contributed by atoms with van der Waals surface area (Å²) < 4.78 is 44.7. The van der Waals surface area contributed by atoms with Crippen LogP contribution in [-0.4, -0.2) is 39.9 Å². The molecule has 1 heterocycles. The summed E-state index contributed by atoms with van der Waals surface area (Å²) in [5.74, 6) is -0.641. The number of hydrazone groups is 1. The van der Waals surface area contributed by atoms with Crippen molar-refractivity contribution >= 4 is 17.3 Å². The zero-order valence-corrected chi connectivity index (χ0v) is 14.9. The van der Waals surface area contributed by atoms with Crippen molar-refractivity contribution in [1.82, 2.24) is 5.01 Å². The number of hydrogen-bond donors (Lipinski definition) is 1. The molecule has 3 rings (SSSR count). The zero-order valence-electron chi connectivity index (χ0n) is 14.9. The van der Waals surface area contributed by atoms with Gasteiger partial charge >= 0.3 is 6.18 Å². The number of amides is 1. The van der Waals surface area contributed by atoms with Gasteiger partial charge in [-0.15, -0.1) is 0 Å². The highest BCUT2D eigenvalue weighted by Gasteiger charge is 2.53. The molecule has 0 aliphatic carbocycles. The van der Waals surface area contributed by atoms with E-state index >= 15 is 0 Å². The Morgan fingerprint density at radius 3 is 2.28 bits per heavy atom. The number of nitro benzene ring substituents is 1. The number of alkyl halides is 3. The average molecular weight is 409 g/mol. The Morgan fingerprint density at radius 2 is 1.79 bits per heavy atom. The molecule has 8 nitrogen and oxygen atoms in total. The maximum absolute atomic E-state index is 13.2. The number of nitrogens with zero attached hydrogens (tertiary/aromatic N) is 3. The van der Waals surface area contributed by atoms with Crippen LogP contribution in [0.1, 0.15) is 22.3 Å². The molecule has 152 valence electrons. The number of carbonyl (C=O) groups excluding carboxylic acids is 1. The number of halogens is 3. The molecule has 1 atom stereocenters. The van der Waals surface area contributed by atoms with Crippen molar-refractivity contribution in [3.63, 3.8) is 0 Å². The van der Waals surface area contributed by atoms with Gasteiger partial charge in [-0.1, -0.05) is 12.1 Å². The van der Waals surface area contributed by atoms with E-state index in [2.05, 4.69) is 5.10 Å². The normalized spacial score (nSPS) is 19.1. The summed E-state index contributed by atoms with van der Waals surface area (Å²) in [4.78, 5) is 22.9. The van der Waals surface area contributed by atoms with E-state index < -0.39 is 34.9 Å². The van der Waals surface area contributed by atoms with Crippen LogP contribution in [0.2, 0.25) is 0 Å². The van der Waals surface area contributed by atoms with Crippen molar-refractivity contribution in [3.8, 4) is 5.75 Å². The topological polar surface area (TPSA) is 105 Å². The lowest BCUT2D eigenvalue weighted by Crippen LogP contribution is -2.43. The Labute approximate surface area is 162 Å². The minimum atomic E-state index is -4.86. The van der Waals surface area contributed by atoms with E-state index in [0.29, 0.717) is 10.8 Å². The Kier molecular flexibility index (Phi) is 5.01. The van der Waals surface area contributed by atoms with Crippen molar-refractivity contribution in [2.45, 2.75) is 18.3 Å². The van der Waals surface area contributed by atoms with Crippen molar-refractivity contribution in [2.75, 3.05) is 7.11 Å². The summed E-state index contributed by atoms with van der Waals surface area (Å²) in [7, 11) is 1.40. The number of methoxy groups -OCH3 is 1. The molecular formula is C18H14F3N3O5. The molecule has 2 aromatic carbocycles. The Balaban J connectivity index is 2.03. The molecule has 2 aromatic rings. The standard InChI is InChI=1S/C18H14F3N3O5/c1-29-14-8-4-12(5-9-14)17(26)10-15(18(19,20)21)22-23(17)16(25)11-2-6-13(7-3-11)24(27)28/h2-9,26H,10H2,1H3/t17-/m1/s1. The third-order valence-electron chi connectivity index (χ3n) is 4.38. The van der Waals surface area contributed by atoms with Gasteiger partial charge in [0.25, 0.3) is 11.6 Å². The van der Waals surface area contributed by atoms with Crippen LogP contribution in [0.5, 0.6) is 5.75 Å². The largest absolute Gasteiger partial charge is 0.497 e. The molecule has 1 aliphatic rings. The van der Waals surface area contributed by atoms with Crippen LogP contribution in [0.25, 0.3) is 0 Å². The number of nitro groups is 1. The molecular weight excluding hydrogens is 395 g/mol. The van der Waals surface area contributed by atoms with Gasteiger partial charge in [0.2, 0.25) is 0 Å². The second-order valence-corrected chi connectivity index (χ2v) is 6.19. The lowest BCUT2D eigenvalue weighted by atomic mass is 9.96. The number of non-ortho nitro benzene ring substituents is 1. The zero-order chi connectivity index (χ0) is 21.4. The molecule has 1 amide bonds. The van der Waals surface area contributed by atoms with Crippen LogP contribution in [0.15, 0.2) is 53.6 Å². The highest BCUT2D eigenvalue weighted by molar-refractivity contribution is 6.00. The summed E-state index contributed by atoms with van der Waals surface area (Å²) in [5.41, 5.74) is -4.19. The molecule has 0 spiro atoms. The van der Waals surface area contributed by atoms with Crippen LogP contribution in [0, 0.1) is 10.1 Å². The fraction of sp³-hybridized carbons (Fsp3) is 0.222. The molecule has 0 saturated heterocycles. The average Bonchev–Trinajstić information content (AvgIpc) is 3.06. The molecule has 0 radical (unpaired) electrons. The molecule has 0 bridgehead atoms. The van der Waals surface area contributed by atoms with Gasteiger partial charge in [-0.2, -0.15) is 23.3 Å². The van der Waals surface area contributed by atoms with Crippen LogP contribution in [0.4, 0.5) is 18.9 Å². The molecule has 0 saturated carbocycles. The number of hydrogen-bond acceptors (Lipinski definition) is 6. The quantitative estimate of drug-likeness (QED) is 0.617. The third-order valence-corrected chi connectivity index (χ3v) is 4.38. The first-order chi connectivity index (χ1) is 13.6. The Hall–Kier alpha value is -3.47. The number of benzene rings is 2. The summed E-state index contributed by atoms with van der Waals surface area (Å²) in [6, 6.07) is 9.72. The summed E-state index contributed by atoms with van der Waals surface area (Å²) in [6.07, 6.45) is -5.83. The highest BCUT2D eigenvalue weighted by atomic mass is 19.4. The molecule has 29 heavy (non-hydrogen) atoms. The summed E-state index contributed by atoms with van der Waals surface area (Å²) in [5, 5.41) is 25.5. The lowest BCUT2D eigenvalue weighted by molar-refractivity contribution is -0.384. The van der Waals surface area contributed by atoms with Crippen molar-refractivity contribution < 1.29 is 32.7 Å². The minimum Gasteiger partial charge on any atom is -0.497 e. The first-order valence-corrected chi connectivity index (χ1v) is 8.17. The van der Waals surface area contributed by atoms with E-state index in [-0.39, 0.29) is 16.8 Å². The SMILES string of the molecule is COc1ccc([C@]2(O)CC(C(F)(F)F)=NN2C(=O)c2ccc([N+](=O)[O-])cc2)cc1. The van der Waals surface area contributed by atoms with Gasteiger partial charge in [0.1, 0.15) is 11.5 Å². The van der Waals surface area contributed by atoms with Gasteiger partial charge in [0.05, 0.1) is 18.5 Å². The van der Waals surface area contributed by atoms with Crippen LogP contribution in [-0.2, 0) is 5.72 Å². The fourth-order valence-corrected chi connectivity index (χ4v) is 2.85. The monoisotopic (exact) mass is 409 g/mol. The Bertz CT molecular complexity index is 974. The lowest BCUT2D eigenvalue weighted by Gasteiger charge is -2.31. The van der Waals surface area contributed by atoms with Crippen LogP contribution >= 0.6 is 0 Å². The molecule has 1 aliphatic heterocycles. The number of aliphatic hydroxyl groups is 1. The second kappa shape index (κ2) is 7.17. The summed E-state index contributed by atoms with van der Waals surface area (Å²) in [6.45, 7) is 0. The Morgan fingerprint density at radius 1 is 1.21 bits per heavy atom. The molecule has 11 heteroatoms. The van der Waals surface area contributed by atoms with Gasteiger partial charge in [0.15, 0.2) is 5.72 Å². The third kappa shape index (κ3) is 3.76. The van der Waals surface area contributed by atoms with E-state index in [0.717, 1.165) is 24.3 Å². The van der Waals surface area contributed by atoms with Gasteiger partial charge in [0, 0.05) is 23.3 Å². The van der Waals surface area contributed by atoms with Gasteiger partial charge in [-0.3, -0.25) is 14.9 Å². The molecule has 1 N–H and O–H groups in total. The van der Waals surface area contributed by atoms with E-state index in [1.807, 2.05) is 0 Å². The smallest absolute Gasteiger partial charge is 0.431 e. The van der Waals surface area contributed by atoms with E-state index in [1.54, 1.807) is 0 Å². The van der Waals surface area contributed by atoms with Crippen molar-refractivity contribution in [1.29, 1.82) is 0 Å². The highest BCUT2D eigenvalue weighted by Crippen LogP contribution is 2.40. The molecule has 0 unspecified atom stereocenters. The van der Waals surface area contributed by atoms with Gasteiger partial charge in [-0.05, 0) is 24.3 Å². The van der Waals surface area contributed by atoms with Crippen molar-refractivity contribution in [2.24, 2.45) is 5.10 Å². The first-order valence-electron chi connectivity index (χ1n) is 8.17. The maximum atomic E-state index is 13.2. The predicted molar refractivity (Wildman–Crippen MR) is 94.3 cm³/mol. The van der Waals surface area contributed by atoms with Gasteiger partial charge < -0.3 is 9.84 Å². The number of ether oxygens (including phenoxy) is 1. The van der Waals surface area contributed by atoms with Crippen LogP contribution < -0.4 is 4.74 Å². The first kappa shape index (κ1) is 20.3. The fourth-order valence-electron chi connectivity index (χ4n) is 2.85. The predicted octanol–water partition coefficient (Wildman–Crippen LogP) is 3.21. The second-order valence-electron chi connectivity index (χ2n) is 6.19. The van der Waals surface area contributed by atoms with E-state index in [9.17, 15) is 33.2 Å². The number of carbonyl (C=O) groups is 1. The number of rotatable bonds is 4. The van der Waals surface area contributed by atoms with Crippen LogP contribution in [0.3, 0.4) is 0 Å². The summed E-state index contributed by atoms with van der Waals surface area (Å²) >= 11 is 0. The molecule has 0 aromatic heterocycles.